The van der Waals surface area contributed by atoms with E-state index in [9.17, 15) is 4.79 Å². The number of aromatic nitrogens is 3. The maximum Gasteiger partial charge on any atom is 0.259 e. The summed E-state index contributed by atoms with van der Waals surface area (Å²) in [5.74, 6) is 2.31. The Labute approximate surface area is 160 Å². The van der Waals surface area contributed by atoms with Crippen molar-refractivity contribution in [3.63, 3.8) is 0 Å². The first kappa shape index (κ1) is 16.5. The van der Waals surface area contributed by atoms with Gasteiger partial charge < -0.3 is 13.9 Å². The van der Waals surface area contributed by atoms with Crippen LogP contribution in [-0.4, -0.2) is 39.2 Å². The Kier molecular flexibility index (Phi) is 3.79. The number of hydrogen-bond acceptors (Lipinski definition) is 6. The Morgan fingerprint density at radius 1 is 1.15 bits per heavy atom. The lowest BCUT2D eigenvalue weighted by atomic mass is 9.97. The molecule has 1 amide bonds. The standard InChI is InChI=1S/C19H17ClN4O3/c1-10-15(16(22-26-10)13-4-2-3-5-14(13)20)19(25)24-8-12(9-24)18-21-17(23-27-18)11-6-7-11/h2-5,11-12H,6-9H2,1H3. The maximum atomic E-state index is 13.0. The van der Waals surface area contributed by atoms with Crippen molar-refractivity contribution in [1.29, 1.82) is 0 Å². The second-order valence-electron chi connectivity index (χ2n) is 7.11. The summed E-state index contributed by atoms with van der Waals surface area (Å²) in [5.41, 5.74) is 1.61. The molecule has 7 nitrogen and oxygen atoms in total. The van der Waals surface area contributed by atoms with E-state index in [1.807, 2.05) is 18.2 Å². The summed E-state index contributed by atoms with van der Waals surface area (Å²) in [6.45, 7) is 2.81. The number of carbonyl (C=O) groups is 1. The number of likely N-dealkylation sites (tertiary alicyclic amines) is 1. The van der Waals surface area contributed by atoms with Gasteiger partial charge in [0.1, 0.15) is 17.0 Å². The van der Waals surface area contributed by atoms with E-state index in [0.29, 0.717) is 52.5 Å². The van der Waals surface area contributed by atoms with Crippen molar-refractivity contribution in [3.05, 3.63) is 52.3 Å². The minimum absolute atomic E-state index is 0.0814. The second-order valence-corrected chi connectivity index (χ2v) is 7.52. The van der Waals surface area contributed by atoms with Crippen molar-refractivity contribution < 1.29 is 13.8 Å². The number of nitrogens with zero attached hydrogens (tertiary/aromatic N) is 4. The number of benzene rings is 1. The van der Waals surface area contributed by atoms with Gasteiger partial charge in [0.2, 0.25) is 5.89 Å². The van der Waals surface area contributed by atoms with E-state index in [1.165, 1.54) is 0 Å². The summed E-state index contributed by atoms with van der Waals surface area (Å²) >= 11 is 6.27. The van der Waals surface area contributed by atoms with E-state index in [0.717, 1.165) is 18.7 Å². The van der Waals surface area contributed by atoms with Crippen molar-refractivity contribution in [2.24, 2.45) is 0 Å². The van der Waals surface area contributed by atoms with E-state index in [1.54, 1.807) is 17.9 Å². The molecule has 27 heavy (non-hydrogen) atoms. The van der Waals surface area contributed by atoms with Gasteiger partial charge in [0.05, 0.1) is 10.9 Å². The first-order valence-corrected chi connectivity index (χ1v) is 9.33. The molecule has 1 aliphatic heterocycles. The molecule has 8 heteroatoms. The van der Waals surface area contributed by atoms with Crippen molar-refractivity contribution in [1.82, 2.24) is 20.2 Å². The molecule has 138 valence electrons. The molecule has 3 heterocycles. The predicted octanol–water partition coefficient (Wildman–Crippen LogP) is 3.80. The lowest BCUT2D eigenvalue weighted by Crippen LogP contribution is -2.48. The summed E-state index contributed by atoms with van der Waals surface area (Å²) in [7, 11) is 0. The van der Waals surface area contributed by atoms with Crippen LogP contribution >= 0.6 is 11.6 Å². The Balaban J connectivity index is 1.35. The minimum atomic E-state index is -0.123. The van der Waals surface area contributed by atoms with Gasteiger partial charge in [0.25, 0.3) is 5.91 Å². The Morgan fingerprint density at radius 3 is 2.67 bits per heavy atom. The Hall–Kier alpha value is -2.67. The topological polar surface area (TPSA) is 85.3 Å². The lowest BCUT2D eigenvalue weighted by molar-refractivity contribution is 0.0568. The highest BCUT2D eigenvalue weighted by atomic mass is 35.5. The first-order valence-electron chi connectivity index (χ1n) is 8.95. The van der Waals surface area contributed by atoms with Crippen LogP contribution in [0.3, 0.4) is 0 Å². The molecule has 1 saturated carbocycles. The van der Waals surface area contributed by atoms with E-state index in [-0.39, 0.29) is 11.8 Å². The van der Waals surface area contributed by atoms with Crippen LogP contribution in [0.25, 0.3) is 11.3 Å². The Morgan fingerprint density at radius 2 is 1.93 bits per heavy atom. The van der Waals surface area contributed by atoms with Crippen LogP contribution in [0.2, 0.25) is 5.02 Å². The molecule has 2 aromatic heterocycles. The minimum Gasteiger partial charge on any atom is -0.360 e. The van der Waals surface area contributed by atoms with Gasteiger partial charge in [-0.1, -0.05) is 40.1 Å². The number of hydrogen-bond donors (Lipinski definition) is 0. The monoisotopic (exact) mass is 384 g/mol. The van der Waals surface area contributed by atoms with Crippen LogP contribution in [0, 0.1) is 6.92 Å². The summed E-state index contributed by atoms with van der Waals surface area (Å²) in [4.78, 5) is 19.3. The van der Waals surface area contributed by atoms with Gasteiger partial charge in [-0.2, -0.15) is 4.98 Å². The van der Waals surface area contributed by atoms with E-state index in [2.05, 4.69) is 15.3 Å². The average Bonchev–Trinajstić information content (AvgIpc) is 3.24. The molecule has 0 spiro atoms. The third-order valence-electron chi connectivity index (χ3n) is 5.12. The molecule has 5 rings (SSSR count). The van der Waals surface area contributed by atoms with Crippen LogP contribution < -0.4 is 0 Å². The first-order chi connectivity index (χ1) is 13.1. The van der Waals surface area contributed by atoms with Gasteiger partial charge in [-0.15, -0.1) is 0 Å². The normalized spacial score (nSPS) is 17.2. The van der Waals surface area contributed by atoms with E-state index >= 15 is 0 Å². The molecule has 0 radical (unpaired) electrons. The zero-order chi connectivity index (χ0) is 18.5. The third kappa shape index (κ3) is 2.82. The molecular weight excluding hydrogens is 368 g/mol. The molecule has 1 saturated heterocycles. The Bertz CT molecular complexity index is 1020. The van der Waals surface area contributed by atoms with Crippen LogP contribution in [0.1, 0.15) is 52.5 Å². The fourth-order valence-corrected chi connectivity index (χ4v) is 3.57. The molecule has 2 fully saturated rings. The molecule has 2 aliphatic rings. The highest BCUT2D eigenvalue weighted by Crippen LogP contribution is 2.39. The molecule has 1 aliphatic carbocycles. The van der Waals surface area contributed by atoms with E-state index < -0.39 is 0 Å². The van der Waals surface area contributed by atoms with Crippen molar-refractivity contribution in [2.45, 2.75) is 31.6 Å². The van der Waals surface area contributed by atoms with Gasteiger partial charge in [0, 0.05) is 24.6 Å². The van der Waals surface area contributed by atoms with Crippen molar-refractivity contribution >= 4 is 17.5 Å². The fourth-order valence-electron chi connectivity index (χ4n) is 3.34. The zero-order valence-corrected chi connectivity index (χ0v) is 15.4. The summed E-state index contributed by atoms with van der Waals surface area (Å²) in [6, 6.07) is 7.28. The molecule has 0 N–H and O–H groups in total. The summed E-state index contributed by atoms with van der Waals surface area (Å²) in [6.07, 6.45) is 2.26. The number of aryl methyl sites for hydroxylation is 1. The van der Waals surface area contributed by atoms with Gasteiger partial charge in [-0.25, -0.2) is 0 Å². The molecule has 0 atom stereocenters. The molecular formula is C19H17ClN4O3. The fraction of sp³-hybridized carbons (Fsp3) is 0.368. The third-order valence-corrected chi connectivity index (χ3v) is 5.45. The SMILES string of the molecule is Cc1onc(-c2ccccc2Cl)c1C(=O)N1CC(c2nc(C3CC3)no2)C1. The zero-order valence-electron chi connectivity index (χ0n) is 14.7. The van der Waals surface area contributed by atoms with E-state index in [4.69, 9.17) is 20.6 Å². The average molecular weight is 385 g/mol. The van der Waals surface area contributed by atoms with Crippen LogP contribution in [0.5, 0.6) is 0 Å². The number of halogens is 1. The number of rotatable bonds is 4. The summed E-state index contributed by atoms with van der Waals surface area (Å²) < 4.78 is 10.7. The maximum absolute atomic E-state index is 13.0. The summed E-state index contributed by atoms with van der Waals surface area (Å²) in [5, 5.41) is 8.64. The van der Waals surface area contributed by atoms with Gasteiger partial charge in [-0.05, 0) is 25.8 Å². The van der Waals surface area contributed by atoms with Crippen molar-refractivity contribution in [3.8, 4) is 11.3 Å². The lowest BCUT2D eigenvalue weighted by Gasteiger charge is -2.37. The van der Waals surface area contributed by atoms with Crippen LogP contribution in [0.15, 0.2) is 33.3 Å². The van der Waals surface area contributed by atoms with Crippen molar-refractivity contribution in [2.75, 3.05) is 13.1 Å². The molecule has 3 aromatic rings. The predicted molar refractivity (Wildman–Crippen MR) is 96.6 cm³/mol. The molecule has 0 unspecified atom stereocenters. The largest absolute Gasteiger partial charge is 0.360 e. The second kappa shape index (κ2) is 6.20. The number of carbonyl (C=O) groups excluding carboxylic acids is 1. The smallest absolute Gasteiger partial charge is 0.259 e. The quantitative estimate of drug-likeness (QED) is 0.680. The number of amides is 1. The van der Waals surface area contributed by atoms with Gasteiger partial charge >= 0.3 is 0 Å². The highest BCUT2D eigenvalue weighted by molar-refractivity contribution is 6.33. The van der Waals surface area contributed by atoms with Crippen LogP contribution in [-0.2, 0) is 0 Å². The molecule has 0 bridgehead atoms. The van der Waals surface area contributed by atoms with Crippen LogP contribution in [0.4, 0.5) is 0 Å². The van der Waals surface area contributed by atoms with Gasteiger partial charge in [0.15, 0.2) is 5.82 Å². The molecule has 1 aromatic carbocycles. The van der Waals surface area contributed by atoms with Gasteiger partial charge in [-0.3, -0.25) is 4.79 Å². The highest BCUT2D eigenvalue weighted by Gasteiger charge is 2.39.